The summed E-state index contributed by atoms with van der Waals surface area (Å²) in [5.74, 6) is -3.60. The summed E-state index contributed by atoms with van der Waals surface area (Å²) in [6.07, 6.45) is -0.0891. The van der Waals surface area contributed by atoms with Crippen molar-refractivity contribution >= 4 is 29.6 Å². The number of hydrogen-bond acceptors (Lipinski definition) is 5. The van der Waals surface area contributed by atoms with Crippen molar-refractivity contribution in [1.29, 1.82) is 0 Å². The van der Waals surface area contributed by atoms with Crippen molar-refractivity contribution in [2.24, 2.45) is 0 Å². The van der Waals surface area contributed by atoms with Crippen LogP contribution in [0, 0.1) is 0 Å². The molecule has 0 aromatic carbocycles. The van der Waals surface area contributed by atoms with Crippen molar-refractivity contribution in [2.75, 3.05) is 0 Å². The lowest BCUT2D eigenvalue weighted by Crippen LogP contribution is -2.66. The minimum atomic E-state index is -1.96. The molecule has 2 aliphatic heterocycles. The average Bonchev–Trinajstić information content (AvgIpc) is 2.91. The number of nitrogens with zero attached hydrogens (tertiary/aromatic N) is 2. The topological polar surface area (TPSA) is 112 Å². The van der Waals surface area contributed by atoms with Crippen LogP contribution >= 0.6 is 0 Å². The number of rotatable bonds is 4. The van der Waals surface area contributed by atoms with Crippen molar-refractivity contribution in [3.63, 3.8) is 0 Å². The zero-order chi connectivity index (χ0) is 15.9. The van der Waals surface area contributed by atoms with Crippen LogP contribution in [0.3, 0.4) is 0 Å². The number of carboxylic acid groups (broad SMARTS) is 1. The smallest absolute Gasteiger partial charge is 0.331 e. The molecule has 2 rings (SSSR count). The molecule has 2 fully saturated rings. The SMILES string of the molecule is CC(N1C(=O)CCC1=O)C(C)(C(=O)O)N1C(=O)CCC1=O. The fourth-order valence-electron chi connectivity index (χ4n) is 2.83. The van der Waals surface area contributed by atoms with Gasteiger partial charge in [-0.1, -0.05) is 0 Å². The second-order valence-electron chi connectivity index (χ2n) is 5.41. The Balaban J connectivity index is 2.45. The molecular formula is C13H16N2O6. The Morgan fingerprint density at radius 1 is 1.00 bits per heavy atom. The van der Waals surface area contributed by atoms with Crippen LogP contribution < -0.4 is 0 Å². The molecule has 0 saturated carbocycles. The van der Waals surface area contributed by atoms with Gasteiger partial charge in [-0.05, 0) is 13.8 Å². The highest BCUT2D eigenvalue weighted by molar-refractivity contribution is 6.08. The Bertz CT molecular complexity index is 525. The van der Waals surface area contributed by atoms with Gasteiger partial charge in [0, 0.05) is 25.7 Å². The van der Waals surface area contributed by atoms with E-state index in [9.17, 15) is 29.1 Å². The van der Waals surface area contributed by atoms with Gasteiger partial charge in [-0.3, -0.25) is 29.0 Å². The minimum absolute atomic E-state index is 0.0146. The lowest BCUT2D eigenvalue weighted by Gasteiger charge is -2.41. The van der Waals surface area contributed by atoms with E-state index in [0.29, 0.717) is 4.90 Å². The summed E-state index contributed by atoms with van der Waals surface area (Å²) in [4.78, 5) is 60.6. The number of hydrogen-bond donors (Lipinski definition) is 1. The van der Waals surface area contributed by atoms with Crippen molar-refractivity contribution in [3.8, 4) is 0 Å². The number of imide groups is 2. The maximum absolute atomic E-state index is 11.9. The molecule has 0 bridgehead atoms. The molecule has 4 amide bonds. The van der Waals surface area contributed by atoms with Crippen LogP contribution in [0.2, 0.25) is 0 Å². The molecule has 8 heteroatoms. The highest BCUT2D eigenvalue weighted by Crippen LogP contribution is 2.32. The lowest BCUT2D eigenvalue weighted by molar-refractivity contribution is -0.169. The van der Waals surface area contributed by atoms with Crippen LogP contribution in [0.5, 0.6) is 0 Å². The summed E-state index contributed by atoms with van der Waals surface area (Å²) < 4.78 is 0. The summed E-state index contributed by atoms with van der Waals surface area (Å²) in [6.45, 7) is 2.56. The molecule has 0 aromatic heterocycles. The quantitative estimate of drug-likeness (QED) is 0.701. The van der Waals surface area contributed by atoms with Gasteiger partial charge in [0.25, 0.3) is 0 Å². The molecule has 21 heavy (non-hydrogen) atoms. The molecule has 1 N–H and O–H groups in total. The average molecular weight is 296 g/mol. The van der Waals surface area contributed by atoms with E-state index in [4.69, 9.17) is 0 Å². The predicted molar refractivity (Wildman–Crippen MR) is 67.7 cm³/mol. The number of carboxylic acids is 1. The van der Waals surface area contributed by atoms with Crippen LogP contribution in [-0.4, -0.2) is 56.1 Å². The van der Waals surface area contributed by atoms with E-state index in [1.54, 1.807) is 0 Å². The Labute approximate surface area is 120 Å². The Kier molecular flexibility index (Phi) is 3.56. The van der Waals surface area contributed by atoms with Gasteiger partial charge >= 0.3 is 5.97 Å². The third-order valence-electron chi connectivity index (χ3n) is 4.24. The normalized spacial score (nSPS) is 23.7. The fraction of sp³-hybridized carbons (Fsp3) is 0.615. The number of carbonyl (C=O) groups excluding carboxylic acids is 4. The molecule has 0 aromatic rings. The first-order valence-electron chi connectivity index (χ1n) is 6.65. The molecular weight excluding hydrogens is 280 g/mol. The molecule has 0 spiro atoms. The van der Waals surface area contributed by atoms with Gasteiger partial charge in [0.1, 0.15) is 0 Å². The van der Waals surface area contributed by atoms with E-state index >= 15 is 0 Å². The number of carbonyl (C=O) groups is 5. The monoisotopic (exact) mass is 296 g/mol. The van der Waals surface area contributed by atoms with Gasteiger partial charge in [0.15, 0.2) is 5.54 Å². The second-order valence-corrected chi connectivity index (χ2v) is 5.41. The van der Waals surface area contributed by atoms with Crippen LogP contribution in [0.25, 0.3) is 0 Å². The van der Waals surface area contributed by atoms with Crippen molar-refractivity contribution in [2.45, 2.75) is 51.1 Å². The van der Waals surface area contributed by atoms with Gasteiger partial charge in [-0.2, -0.15) is 0 Å². The highest BCUT2D eigenvalue weighted by Gasteiger charge is 2.56. The van der Waals surface area contributed by atoms with E-state index in [-0.39, 0.29) is 25.7 Å². The summed E-state index contributed by atoms with van der Waals surface area (Å²) in [5, 5.41) is 9.54. The van der Waals surface area contributed by atoms with Gasteiger partial charge in [-0.25, -0.2) is 4.79 Å². The van der Waals surface area contributed by atoms with E-state index in [1.807, 2.05) is 0 Å². The van der Waals surface area contributed by atoms with Crippen LogP contribution in [0.15, 0.2) is 0 Å². The maximum Gasteiger partial charge on any atom is 0.331 e. The zero-order valence-corrected chi connectivity index (χ0v) is 11.8. The highest BCUT2D eigenvalue weighted by atomic mass is 16.4. The van der Waals surface area contributed by atoms with Crippen LogP contribution in [0.4, 0.5) is 0 Å². The van der Waals surface area contributed by atoms with E-state index in [0.717, 1.165) is 4.90 Å². The standard InChI is InChI=1S/C13H16N2O6/c1-7(14-8(16)3-4-9(14)17)13(2,12(20)21)15-10(18)5-6-11(15)19/h7H,3-6H2,1-2H3,(H,20,21). The molecule has 2 unspecified atom stereocenters. The molecule has 2 saturated heterocycles. The van der Waals surface area contributed by atoms with Crippen molar-refractivity contribution in [1.82, 2.24) is 9.80 Å². The molecule has 2 aliphatic rings. The Hall–Kier alpha value is -2.25. The number of likely N-dealkylation sites (tertiary alicyclic amines) is 2. The zero-order valence-electron chi connectivity index (χ0n) is 11.8. The largest absolute Gasteiger partial charge is 0.479 e. The van der Waals surface area contributed by atoms with Crippen LogP contribution in [0.1, 0.15) is 39.5 Å². The first kappa shape index (κ1) is 15.1. The summed E-state index contributed by atoms with van der Waals surface area (Å²) in [7, 11) is 0. The minimum Gasteiger partial charge on any atom is -0.479 e. The number of amides is 4. The summed E-state index contributed by atoms with van der Waals surface area (Å²) in [5.41, 5.74) is -1.96. The van der Waals surface area contributed by atoms with Gasteiger partial charge in [0.2, 0.25) is 23.6 Å². The van der Waals surface area contributed by atoms with E-state index in [1.165, 1.54) is 13.8 Å². The summed E-state index contributed by atoms with van der Waals surface area (Å²) >= 11 is 0. The molecule has 2 heterocycles. The van der Waals surface area contributed by atoms with Crippen molar-refractivity contribution in [3.05, 3.63) is 0 Å². The Morgan fingerprint density at radius 3 is 1.76 bits per heavy atom. The van der Waals surface area contributed by atoms with Crippen molar-refractivity contribution < 1.29 is 29.1 Å². The third kappa shape index (κ3) is 2.10. The molecule has 0 aliphatic carbocycles. The Morgan fingerprint density at radius 2 is 1.38 bits per heavy atom. The molecule has 114 valence electrons. The van der Waals surface area contributed by atoms with E-state index in [2.05, 4.69) is 0 Å². The third-order valence-corrected chi connectivity index (χ3v) is 4.24. The second kappa shape index (κ2) is 4.94. The first-order valence-corrected chi connectivity index (χ1v) is 6.65. The molecule has 8 nitrogen and oxygen atoms in total. The first-order chi connectivity index (χ1) is 9.71. The lowest BCUT2D eigenvalue weighted by atomic mass is 9.90. The van der Waals surface area contributed by atoms with Crippen LogP contribution in [-0.2, 0) is 24.0 Å². The molecule has 2 atom stereocenters. The maximum atomic E-state index is 11.9. The fourth-order valence-corrected chi connectivity index (χ4v) is 2.83. The number of aliphatic carboxylic acids is 1. The predicted octanol–water partition coefficient (Wildman–Crippen LogP) is -0.484. The summed E-state index contributed by atoms with van der Waals surface area (Å²) in [6, 6.07) is -1.12. The van der Waals surface area contributed by atoms with E-state index < -0.39 is 41.2 Å². The van der Waals surface area contributed by atoms with Gasteiger partial charge in [0.05, 0.1) is 6.04 Å². The molecule has 0 radical (unpaired) electrons. The van der Waals surface area contributed by atoms with Gasteiger partial charge in [-0.15, -0.1) is 0 Å². The van der Waals surface area contributed by atoms with Gasteiger partial charge < -0.3 is 5.11 Å².